The molecule has 4 aromatic heterocycles. The van der Waals surface area contributed by atoms with Crippen LogP contribution >= 0.6 is 0 Å². The molecule has 8 aromatic carbocycles. The predicted octanol–water partition coefficient (Wildman–Crippen LogP) is 28.6. The third kappa shape index (κ3) is 20.0. The van der Waals surface area contributed by atoms with Crippen LogP contribution in [0, 0.1) is 27.7 Å². The molecule has 16 rings (SSSR count). The van der Waals surface area contributed by atoms with Gasteiger partial charge in [-0.3, -0.25) is 0 Å². The van der Waals surface area contributed by atoms with Crippen LogP contribution in [0.25, 0.3) is 88.1 Å². The fourth-order valence-corrected chi connectivity index (χ4v) is 36.1. The molecule has 0 unspecified atom stereocenters. The highest BCUT2D eigenvalue weighted by Crippen LogP contribution is 2.44. The first kappa shape index (κ1) is 92.9. The lowest BCUT2D eigenvalue weighted by Crippen LogP contribution is -2.46. The first-order chi connectivity index (χ1) is 58.7. The van der Waals surface area contributed by atoms with Gasteiger partial charge in [-0.25, -0.2) is 18.3 Å². The van der Waals surface area contributed by atoms with Crippen LogP contribution in [-0.4, -0.2) is 32.3 Å². The van der Waals surface area contributed by atoms with Crippen LogP contribution in [-0.2, 0) is 47.5 Å². The lowest BCUT2D eigenvalue weighted by Gasteiger charge is -2.36. The van der Waals surface area contributed by atoms with E-state index in [1.165, 1.54) is 272 Å². The number of pyridine rings is 4. The Hall–Kier alpha value is -7.73. The highest BCUT2D eigenvalue weighted by molar-refractivity contribution is 6.92. The maximum absolute atomic E-state index is 2.61. The zero-order valence-electron chi connectivity index (χ0n) is 81.4. The molecular weight excluding hydrogens is 1550 g/mol. The Morgan fingerprint density at radius 3 is 0.902 bits per heavy atom. The molecule has 4 aliphatic carbocycles. The van der Waals surface area contributed by atoms with Gasteiger partial charge in [0.2, 0.25) is 22.8 Å². The van der Waals surface area contributed by atoms with Crippen LogP contribution < -0.4 is 39.0 Å². The monoisotopic (exact) mass is 1710 g/mol. The molecule has 123 heavy (non-hydrogen) atoms. The van der Waals surface area contributed by atoms with Crippen molar-refractivity contribution in [2.24, 2.45) is 28.2 Å². The van der Waals surface area contributed by atoms with Gasteiger partial charge in [-0.15, -0.1) is 0 Å². The maximum Gasteiger partial charge on any atom is 0.220 e. The molecule has 4 saturated carbocycles. The molecule has 0 N–H and O–H groups in total. The lowest BCUT2D eigenvalue weighted by molar-refractivity contribution is -0.659. The van der Waals surface area contributed by atoms with Crippen molar-refractivity contribution >= 4 is 96.1 Å². The minimum absolute atomic E-state index is 0.524. The Morgan fingerprint density at radius 1 is 0.285 bits per heavy atom. The van der Waals surface area contributed by atoms with Crippen molar-refractivity contribution in [2.75, 3.05) is 0 Å². The van der Waals surface area contributed by atoms with E-state index in [1.54, 1.807) is 20.7 Å². The molecule has 8 heteroatoms. The van der Waals surface area contributed by atoms with Crippen LogP contribution in [0.4, 0.5) is 0 Å². The van der Waals surface area contributed by atoms with Gasteiger partial charge in [0.15, 0.2) is 24.8 Å². The van der Waals surface area contributed by atoms with E-state index in [-0.39, 0.29) is 0 Å². The van der Waals surface area contributed by atoms with E-state index >= 15 is 0 Å². The Labute approximate surface area is 750 Å². The average Bonchev–Trinajstić information content (AvgIpc) is 0.771. The number of rotatable bonds is 18. The van der Waals surface area contributed by atoms with E-state index in [4.69, 9.17) is 0 Å². The molecule has 0 aliphatic heterocycles. The van der Waals surface area contributed by atoms with Crippen molar-refractivity contribution in [2.45, 2.75) is 330 Å². The second kappa shape index (κ2) is 39.7. The van der Waals surface area contributed by atoms with Crippen molar-refractivity contribution in [3.05, 3.63) is 238 Å². The van der Waals surface area contributed by atoms with Gasteiger partial charge in [-0.05, 0) is 213 Å². The smallest absolute Gasteiger partial charge is 0.200 e. The summed E-state index contributed by atoms with van der Waals surface area (Å²) in [5.74, 6) is 1.59. The van der Waals surface area contributed by atoms with Gasteiger partial charge >= 0.3 is 0 Å². The van der Waals surface area contributed by atoms with Crippen LogP contribution in [0.3, 0.4) is 0 Å². The second-order valence-corrected chi connectivity index (χ2v) is 61.3. The van der Waals surface area contributed by atoms with Gasteiger partial charge in [-0.2, -0.15) is 0 Å². The minimum atomic E-state index is -1.47. The van der Waals surface area contributed by atoms with Crippen LogP contribution in [0.15, 0.2) is 183 Å². The predicted molar refractivity (Wildman–Crippen MR) is 547 cm³/mol. The number of nitrogens with zero attached hydrogens (tertiary/aromatic N) is 4. The van der Waals surface area contributed by atoms with Crippen molar-refractivity contribution in [3.8, 4) is 45.0 Å². The van der Waals surface area contributed by atoms with Gasteiger partial charge in [0.25, 0.3) is 0 Å². The summed E-state index contributed by atoms with van der Waals surface area (Å²) in [6.07, 6.45) is 41.0. The molecule has 4 aliphatic rings. The van der Waals surface area contributed by atoms with E-state index in [1.807, 2.05) is 0 Å². The molecular formula is C115H158N4Si4+4. The lowest BCUT2D eigenvalue weighted by atomic mass is 9.86. The van der Waals surface area contributed by atoms with Gasteiger partial charge < -0.3 is 0 Å². The molecule has 0 atom stereocenters. The second-order valence-electron chi connectivity index (χ2n) is 42.0. The highest BCUT2D eigenvalue weighted by atomic mass is 28.3. The molecule has 650 valence electrons. The summed E-state index contributed by atoms with van der Waals surface area (Å²) in [6.45, 7) is 50.6. The van der Waals surface area contributed by atoms with Gasteiger partial charge in [0.05, 0.1) is 65.0 Å². The largest absolute Gasteiger partial charge is 0.220 e. The quantitative estimate of drug-likeness (QED) is 0.0601. The molecule has 4 heterocycles. The molecule has 0 radical (unpaired) electrons. The summed E-state index contributed by atoms with van der Waals surface area (Å²) in [5, 5.41) is 17.7. The first-order valence-electron chi connectivity index (χ1n) is 48.9. The highest BCUT2D eigenvalue weighted by Gasteiger charge is 2.40. The Bertz CT molecular complexity index is 5730. The van der Waals surface area contributed by atoms with Gasteiger partial charge in [0, 0.05) is 35.4 Å². The molecule has 0 bridgehead atoms. The summed E-state index contributed by atoms with van der Waals surface area (Å²) in [5.41, 5.74) is 28.9. The fraction of sp³-hybridized carbons (Fsp3) is 0.478. The molecule has 12 aromatic rings. The first-order valence-corrected chi connectivity index (χ1v) is 61.2. The number of fused-ring (bicyclic) bond motifs is 4. The number of aromatic nitrogens is 4. The normalized spacial score (nSPS) is 15.7. The molecule has 0 amide bonds. The average molecular weight is 1710 g/mol. The van der Waals surface area contributed by atoms with Crippen LogP contribution in [0.2, 0.25) is 74.5 Å². The van der Waals surface area contributed by atoms with E-state index < -0.39 is 32.3 Å². The van der Waals surface area contributed by atoms with E-state index in [0.717, 1.165) is 41.4 Å². The van der Waals surface area contributed by atoms with Crippen molar-refractivity contribution < 1.29 is 18.3 Å². The summed E-state index contributed by atoms with van der Waals surface area (Å²) in [7, 11) is 2.97. The number of hydrogen-bond acceptors (Lipinski definition) is 0. The fourth-order valence-electron chi connectivity index (χ4n) is 22.7. The zero-order valence-corrected chi connectivity index (χ0v) is 85.4. The third-order valence-corrected chi connectivity index (χ3v) is 49.5. The van der Waals surface area contributed by atoms with Crippen LogP contribution in [0.5, 0.6) is 0 Å². The topological polar surface area (TPSA) is 15.5 Å². The van der Waals surface area contributed by atoms with Crippen LogP contribution in [0.1, 0.15) is 264 Å². The summed E-state index contributed by atoms with van der Waals surface area (Å²) < 4.78 is 9.26. The van der Waals surface area contributed by atoms with Gasteiger partial charge in [-0.1, -0.05) is 349 Å². The Morgan fingerprint density at radius 2 is 0.585 bits per heavy atom. The minimum Gasteiger partial charge on any atom is -0.200 e. The maximum atomic E-state index is 2.61. The molecule has 4 nitrogen and oxygen atoms in total. The van der Waals surface area contributed by atoms with Crippen molar-refractivity contribution in [1.82, 2.24) is 0 Å². The summed E-state index contributed by atoms with van der Waals surface area (Å²) >= 11 is 0. The number of hydrogen-bond donors (Lipinski definition) is 0. The van der Waals surface area contributed by atoms with Crippen molar-refractivity contribution in [1.29, 1.82) is 0 Å². The Kier molecular flexibility index (Phi) is 30.0. The molecule has 0 saturated heterocycles. The van der Waals surface area contributed by atoms with E-state index in [9.17, 15) is 0 Å². The number of benzene rings is 8. The van der Waals surface area contributed by atoms with Gasteiger partial charge in [0.1, 0.15) is 28.2 Å². The standard InChI is InChI=1S/C31H44NSi.C29H40NSi.C28H38NSi.C27H36NSi/c1-21(2)25-19-29(22(3)4)23(5)30(20-25)31-28-15-14-27(18-24(28)16-17-32(31)6)33(7,8)26-12-10-9-11-13-26;1-7-22-18-23(8-2)21(3)28(19-22)29-27-15-14-26(20-24(27)16-17-30(29)4)31(5,6)25-12-10-9-11-13-25;1-20(2)22-13-12-21(3)27(19-22)28-26-15-14-25(18-23(26)16-17-29(28)4)30(5,6)24-10-8-7-9-11-24;1-6-21-13-12-20(2)26(18-21)27-25-15-14-24(19-22(25)16-17-28(27)3)29(4,5)23-10-8-7-9-11-23/h14-22,26H,9-13H2,1-8H3;14-20,25H,7-13H2,1-6H3;12-20,24H,7-11H2,1-6H3;12-19,23H,6-11H2,1-5H3/q4*+1. The van der Waals surface area contributed by atoms with Crippen molar-refractivity contribution in [3.63, 3.8) is 0 Å². The summed E-state index contributed by atoms with van der Waals surface area (Å²) in [4.78, 5) is 0. The van der Waals surface area contributed by atoms with E-state index in [2.05, 4.69) is 371 Å². The van der Waals surface area contributed by atoms with E-state index in [0.29, 0.717) is 17.8 Å². The molecule has 0 spiro atoms. The Balaban J connectivity index is 0.000000141. The molecule has 4 fully saturated rings. The SMILES string of the molecule is CCc1cc(CC)c(C)c(-c2c3ccc([Si](C)(C)C4CCCCC4)cc3cc[n+]2C)c1.CCc1ccc(C)c(-c2c3ccc([Si](C)(C)C4CCCCC4)cc3cc[n+]2C)c1.Cc1c(-c2c3ccc([Si](C)(C)C4CCCCC4)cc3cc[n+]2C)cc(C(C)C)cc1C(C)C.Cc1ccc(C(C)C)cc1-c1c2ccc([Si](C)(C)C3CCCCC3)cc2cc[n+]1C. The number of aryl methyl sites for hydroxylation is 9. The summed E-state index contributed by atoms with van der Waals surface area (Å²) in [6, 6.07) is 62.7. The third-order valence-electron chi connectivity index (χ3n) is 31.8. The zero-order chi connectivity index (χ0) is 88.1.